The second-order valence-corrected chi connectivity index (χ2v) is 37.9. The largest absolute Gasteiger partial charge is 0.573 e. The number of nitrogens with zero attached hydrogens (tertiary/aromatic N) is 10. The fourth-order valence-corrected chi connectivity index (χ4v) is 16.9. The number of carbonyl (C=O) groups excluding carboxylic acids is 3. The van der Waals surface area contributed by atoms with Gasteiger partial charge >= 0.3 is 18.4 Å². The van der Waals surface area contributed by atoms with Crippen molar-refractivity contribution in [1.29, 1.82) is 0 Å². The summed E-state index contributed by atoms with van der Waals surface area (Å²) in [5, 5.41) is 29.5. The first kappa shape index (κ1) is 101. The number of nitrogens with one attached hydrogen (secondary N) is 6. The molecule has 6 aromatic heterocycles. The summed E-state index contributed by atoms with van der Waals surface area (Å²) < 4.78 is 115. The Hall–Kier alpha value is -12.0. The molecular weight excluding hydrogens is 1890 g/mol. The van der Waals surface area contributed by atoms with Crippen LogP contribution in [0.15, 0.2) is 203 Å². The predicted molar refractivity (Wildman–Crippen MR) is 522 cm³/mol. The molecule has 0 unspecified atom stereocenters. The van der Waals surface area contributed by atoms with Gasteiger partial charge < -0.3 is 64.3 Å². The van der Waals surface area contributed by atoms with E-state index in [0.29, 0.717) is 116 Å². The first-order valence-electron chi connectivity index (χ1n) is 42.4. The van der Waals surface area contributed by atoms with Gasteiger partial charge in [-0.3, -0.25) is 29.4 Å². The first-order chi connectivity index (χ1) is 63.4. The molecule has 6 N–H and O–H groups in total. The van der Waals surface area contributed by atoms with Gasteiger partial charge in [0.1, 0.15) is 104 Å². The Morgan fingerprint density at radius 3 is 2.16 bits per heavy atom. The van der Waals surface area contributed by atoms with Crippen molar-refractivity contribution >= 4 is 143 Å². The SMILES string of the molecule is CS(=O)(=O)CCNCc1ccc(-c2ccc3ncnc(Nc4ccc(OCc5cccc(F)c5)c(Cl)c4)c3c2)o1.Cc1c(C(=O)Nc2ccc(N3C[C@@H](C)O[C@@H](C)C3)nc2)cccc1-c1ccc(OC(F)(F)F)cc1.Cc1cnc(NC(=O)Nc2cc(Br)c(C)cc2OC[C@@H]2CNCCO2)cn1.Cc1sc2c(c1C)C(c1ccc(Cl)cc1)=N[C@@H](CC(=O)OC(C)(C)C)c1nnc(C)n1-2.S. The molecular formula is C96H101BrCl2F4N16O12S3. The topological polar surface area (TPSA) is 337 Å². The van der Waals surface area contributed by atoms with E-state index in [1.165, 1.54) is 60.1 Å². The minimum Gasteiger partial charge on any atom is -0.489 e. The van der Waals surface area contributed by atoms with E-state index >= 15 is 0 Å². The zero-order valence-corrected chi connectivity index (χ0v) is 81.0. The van der Waals surface area contributed by atoms with E-state index < -0.39 is 33.9 Å². The molecule has 2 saturated heterocycles. The van der Waals surface area contributed by atoms with E-state index in [2.05, 4.69) is 106 Å². The fraction of sp³-hybridized carbons (Fsp3) is 0.302. The number of aromatic nitrogens is 8. The summed E-state index contributed by atoms with van der Waals surface area (Å²) in [6, 6.07) is 45.8. The Morgan fingerprint density at radius 1 is 0.739 bits per heavy atom. The summed E-state index contributed by atoms with van der Waals surface area (Å²) in [4.78, 5) is 68.0. The molecule has 0 radical (unpaired) electrons. The highest BCUT2D eigenvalue weighted by atomic mass is 79.9. The molecule has 13 aromatic rings. The second-order valence-electron chi connectivity index (χ2n) is 32.7. The Kier molecular flexibility index (Phi) is 34.2. The maximum atomic E-state index is 13.4. The summed E-state index contributed by atoms with van der Waals surface area (Å²) in [6.45, 7) is 26.4. The molecule has 0 bridgehead atoms. The molecule has 28 nitrogen and oxygen atoms in total. The number of esters is 1. The molecule has 704 valence electrons. The standard InChI is InChI=1S/C29H26ClFN4O4S.C26H26F3N3O3.C23H25ClN4O2S.C18H22BrN5O3.H2S/c1-40(36,37)12-11-32-16-23-7-10-27(39-23)20-5-8-26-24(14-20)29(34-18-33-26)35-22-6-9-28(25(30)15-22)38-17-19-3-2-4-21(31)13-19;1-16-14-32(15-17(2)34-16)24-12-9-20(13-30-24)31-25(33)23-6-4-5-22(18(23)3)19-7-10-21(11-8-19)35-26(27,28)29;1-12-13(2)31-22-19(12)20(15-7-9-16(24)10-8-15)25-17(11-18(29)30-23(4,5)6)21-27-26-14(3)28(21)22;1-11-5-16(27-10-13-8-20-3-4-26-13)15(6-14(11)19)23-18(25)24-17-9-21-12(2)7-22-17;/h2-10,13-15,18,32H,11-12,16-17H2,1H3,(H,33,34,35);4-13,16-17H,14-15H2,1-3H3,(H,31,33);7-10,17H,11H2,1-6H3;5-7,9,13,20H,3-4,8,10H2,1-2H3,(H2,22,23,24,25);1H2/t;16-,17+;17-;13-;/m..00./s1. The number of urea groups is 1. The third-order valence-corrected chi connectivity index (χ3v) is 24.4. The summed E-state index contributed by atoms with van der Waals surface area (Å²) in [7, 11) is -3.02. The van der Waals surface area contributed by atoms with Crippen molar-refractivity contribution in [3.63, 3.8) is 0 Å². The lowest BCUT2D eigenvalue weighted by Gasteiger charge is -2.36. The highest BCUT2D eigenvalue weighted by molar-refractivity contribution is 9.10. The number of thiophene rings is 1. The van der Waals surface area contributed by atoms with Crippen LogP contribution in [0.5, 0.6) is 17.2 Å². The van der Waals surface area contributed by atoms with Gasteiger partial charge in [0.15, 0.2) is 11.6 Å². The van der Waals surface area contributed by atoms with Crippen molar-refractivity contribution < 1.29 is 73.2 Å². The number of aryl methyl sites for hydroxylation is 4. The van der Waals surface area contributed by atoms with Crippen molar-refractivity contribution in [2.24, 2.45) is 4.99 Å². The Morgan fingerprint density at radius 2 is 1.48 bits per heavy atom. The third-order valence-electron chi connectivity index (χ3n) is 20.8. The van der Waals surface area contributed by atoms with E-state index in [1.54, 1.807) is 67.1 Å². The van der Waals surface area contributed by atoms with Crippen LogP contribution in [0.2, 0.25) is 10.0 Å². The average Bonchev–Trinajstić information content (AvgIpc) is 1.59. The second kappa shape index (κ2) is 45.4. The van der Waals surface area contributed by atoms with Crippen LogP contribution < -0.4 is 51.0 Å². The Labute approximate surface area is 802 Å². The quantitative estimate of drug-likeness (QED) is 0.0186. The van der Waals surface area contributed by atoms with Gasteiger partial charge in [0.05, 0.1) is 89.4 Å². The number of furan rings is 1. The Bertz CT molecular complexity index is 6440. The number of alkyl halides is 3. The number of pyridine rings is 1. The smallest absolute Gasteiger partial charge is 0.489 e. The molecule has 16 rings (SSSR count). The number of carbonyl (C=O) groups is 3. The van der Waals surface area contributed by atoms with Crippen LogP contribution in [0.4, 0.5) is 56.9 Å². The average molecular weight is 1990 g/mol. The lowest BCUT2D eigenvalue weighted by atomic mass is 9.96. The number of aliphatic imine (C=N–C) groups is 1. The lowest BCUT2D eigenvalue weighted by molar-refractivity contribution is -0.274. The number of rotatable bonds is 24. The molecule has 134 heavy (non-hydrogen) atoms. The van der Waals surface area contributed by atoms with Crippen molar-refractivity contribution in [2.75, 3.05) is 84.1 Å². The van der Waals surface area contributed by atoms with Crippen LogP contribution in [-0.4, -0.2) is 160 Å². The van der Waals surface area contributed by atoms with Crippen molar-refractivity contribution in [3.05, 3.63) is 276 Å². The van der Waals surface area contributed by atoms with Crippen LogP contribution in [0.1, 0.15) is 119 Å². The normalized spacial score (nSPS) is 15.2. The van der Waals surface area contributed by atoms with Crippen LogP contribution in [0, 0.1) is 47.4 Å². The third kappa shape index (κ3) is 28.1. The van der Waals surface area contributed by atoms with Gasteiger partial charge in [-0.05, 0) is 225 Å². The molecule has 38 heteroatoms. The number of benzene rings is 7. The van der Waals surface area contributed by atoms with E-state index in [0.717, 1.165) is 103 Å². The highest BCUT2D eigenvalue weighted by Gasteiger charge is 2.35. The summed E-state index contributed by atoms with van der Waals surface area (Å²) >= 11 is 17.8. The van der Waals surface area contributed by atoms with Crippen molar-refractivity contribution in [2.45, 2.75) is 132 Å². The maximum Gasteiger partial charge on any atom is 0.573 e. The fourth-order valence-electron chi connectivity index (χ4n) is 14.5. The van der Waals surface area contributed by atoms with E-state index in [1.807, 2.05) is 151 Å². The van der Waals surface area contributed by atoms with E-state index in [-0.39, 0.29) is 74.0 Å². The monoisotopic (exact) mass is 1990 g/mol. The number of sulfone groups is 1. The first-order valence-corrected chi connectivity index (χ1v) is 46.8. The number of anilines is 6. The molecule has 3 amide bonds. The van der Waals surface area contributed by atoms with Crippen LogP contribution in [0.3, 0.4) is 0 Å². The molecule has 3 aliphatic heterocycles. The van der Waals surface area contributed by atoms with Crippen LogP contribution >= 0.6 is 64.0 Å². The highest BCUT2D eigenvalue weighted by Crippen LogP contribution is 2.42. The number of ether oxygens (including phenoxy) is 6. The molecule has 2 fully saturated rings. The van der Waals surface area contributed by atoms with Crippen molar-refractivity contribution in [1.82, 2.24) is 50.3 Å². The number of hydrogen-bond acceptors (Lipinski definition) is 25. The lowest BCUT2D eigenvalue weighted by Crippen LogP contribution is -2.45. The maximum absolute atomic E-state index is 13.4. The van der Waals surface area contributed by atoms with Crippen LogP contribution in [-0.2, 0) is 42.0 Å². The van der Waals surface area contributed by atoms with Crippen LogP contribution in [0.25, 0.3) is 38.4 Å². The number of fused-ring (bicyclic) bond motifs is 4. The van der Waals surface area contributed by atoms with Gasteiger partial charge in [0.25, 0.3) is 5.91 Å². The molecule has 7 aromatic carbocycles. The van der Waals surface area contributed by atoms with Gasteiger partial charge in [-0.2, -0.15) is 13.5 Å². The minimum atomic E-state index is -4.75. The number of morpholine rings is 2. The Balaban J connectivity index is 0.000000162. The van der Waals surface area contributed by atoms with Gasteiger partial charge in [-0.1, -0.05) is 87.7 Å². The van der Waals surface area contributed by atoms with Gasteiger partial charge in [-0.15, -0.1) is 34.7 Å². The molecule has 4 atom stereocenters. The summed E-state index contributed by atoms with van der Waals surface area (Å²) in [6.07, 6.45) is 2.95. The molecule has 0 spiro atoms. The number of halogens is 7. The number of amides is 3. The predicted octanol–water partition coefficient (Wildman–Crippen LogP) is 20.5. The summed E-state index contributed by atoms with van der Waals surface area (Å²) in [5.41, 5.74) is 11.9. The van der Waals surface area contributed by atoms with Crippen molar-refractivity contribution in [3.8, 4) is 44.7 Å². The van der Waals surface area contributed by atoms with Gasteiger partial charge in [0, 0.05) is 86.7 Å². The zero-order chi connectivity index (χ0) is 95.0. The number of hydrogen-bond donors (Lipinski definition) is 6. The molecule has 0 saturated carbocycles. The van der Waals surface area contributed by atoms with E-state index in [9.17, 15) is 40.4 Å². The van der Waals surface area contributed by atoms with Gasteiger partial charge in [0.2, 0.25) is 0 Å². The van der Waals surface area contributed by atoms with Gasteiger partial charge in [-0.25, -0.2) is 37.5 Å². The molecule has 0 aliphatic carbocycles. The summed E-state index contributed by atoms with van der Waals surface area (Å²) in [5.74, 6) is 4.43. The molecule has 9 heterocycles. The minimum absolute atomic E-state index is 0. The zero-order valence-electron chi connectivity index (χ0n) is 75.3. The molecule has 3 aliphatic rings. The van der Waals surface area contributed by atoms with E-state index in [4.69, 9.17) is 56.3 Å².